The second-order valence-corrected chi connectivity index (χ2v) is 8.21. The van der Waals surface area contributed by atoms with E-state index in [1.165, 1.54) is 0 Å². The van der Waals surface area contributed by atoms with Crippen LogP contribution in [0.25, 0.3) is 0 Å². The first kappa shape index (κ1) is 15.8. The predicted octanol–water partition coefficient (Wildman–Crippen LogP) is 3.17. The zero-order chi connectivity index (χ0) is 17.3. The molecule has 1 N–H and O–H groups in total. The SMILES string of the molecule is CC(=O)C1=CC[C@H]2[C@@H]3C=CC4=CC(=O)C=C[C@]4(C)[C@H]3C[C@@H](O)[C@]12C. The number of Topliss-reactive ketones (excluding diaryl/α,β-unsaturated/α-hetero) is 1. The summed E-state index contributed by atoms with van der Waals surface area (Å²) in [6.07, 6.45) is 12.7. The number of carbonyl (C=O) groups is 2. The van der Waals surface area contributed by atoms with Crippen molar-refractivity contribution in [2.24, 2.45) is 28.6 Å². The summed E-state index contributed by atoms with van der Waals surface area (Å²) in [5, 5.41) is 11.0. The van der Waals surface area contributed by atoms with E-state index in [1.54, 1.807) is 19.1 Å². The summed E-state index contributed by atoms with van der Waals surface area (Å²) in [5.74, 6) is 0.920. The second-order valence-electron chi connectivity index (χ2n) is 8.21. The van der Waals surface area contributed by atoms with Gasteiger partial charge in [0, 0.05) is 10.8 Å². The van der Waals surface area contributed by atoms with Gasteiger partial charge in [-0.25, -0.2) is 0 Å². The van der Waals surface area contributed by atoms with E-state index in [-0.39, 0.29) is 28.8 Å². The fourth-order valence-electron chi connectivity index (χ4n) is 5.74. The van der Waals surface area contributed by atoms with Gasteiger partial charge in [-0.05, 0) is 60.8 Å². The zero-order valence-electron chi connectivity index (χ0n) is 14.5. The van der Waals surface area contributed by atoms with Crippen molar-refractivity contribution in [3.05, 3.63) is 47.6 Å². The van der Waals surface area contributed by atoms with Gasteiger partial charge in [0.2, 0.25) is 0 Å². The van der Waals surface area contributed by atoms with Gasteiger partial charge in [0.15, 0.2) is 11.6 Å². The molecular formula is C21H24O3. The normalized spacial score (nSPS) is 45.9. The molecule has 4 aliphatic carbocycles. The van der Waals surface area contributed by atoms with E-state index in [0.29, 0.717) is 12.3 Å². The van der Waals surface area contributed by atoms with E-state index in [9.17, 15) is 14.7 Å². The summed E-state index contributed by atoms with van der Waals surface area (Å²) in [6.45, 7) is 5.83. The van der Waals surface area contributed by atoms with Gasteiger partial charge in [-0.1, -0.05) is 38.2 Å². The molecule has 126 valence electrons. The smallest absolute Gasteiger partial charge is 0.178 e. The minimum Gasteiger partial charge on any atom is -0.392 e. The number of allylic oxidation sites excluding steroid dienone is 7. The van der Waals surface area contributed by atoms with Crippen molar-refractivity contribution in [1.29, 1.82) is 0 Å². The Bertz CT molecular complexity index is 753. The second kappa shape index (κ2) is 4.89. The number of hydrogen-bond acceptors (Lipinski definition) is 3. The molecule has 3 heteroatoms. The summed E-state index contributed by atoms with van der Waals surface area (Å²) in [5.41, 5.74) is 1.18. The highest BCUT2D eigenvalue weighted by Gasteiger charge is 2.59. The van der Waals surface area contributed by atoms with Crippen LogP contribution in [-0.2, 0) is 9.59 Å². The molecule has 0 aromatic rings. The van der Waals surface area contributed by atoms with Crippen LogP contribution in [0.4, 0.5) is 0 Å². The quantitative estimate of drug-likeness (QED) is 0.806. The first-order valence-electron chi connectivity index (χ1n) is 8.81. The highest BCUT2D eigenvalue weighted by Crippen LogP contribution is 2.62. The molecule has 0 spiro atoms. The maximum Gasteiger partial charge on any atom is 0.178 e. The van der Waals surface area contributed by atoms with Crippen molar-refractivity contribution in [3.8, 4) is 0 Å². The Morgan fingerprint density at radius 2 is 2.00 bits per heavy atom. The van der Waals surface area contributed by atoms with Crippen molar-refractivity contribution >= 4 is 11.6 Å². The molecule has 1 saturated carbocycles. The highest BCUT2D eigenvalue weighted by molar-refractivity contribution is 6.01. The third-order valence-electron chi connectivity index (χ3n) is 7.19. The molecule has 0 unspecified atom stereocenters. The first-order valence-corrected chi connectivity index (χ1v) is 8.81. The standard InChI is InChI=1S/C21H24O3/c1-12(22)16-6-7-17-15-5-4-13-10-14(23)8-9-20(13,2)18(15)11-19(24)21(16,17)3/h4-6,8-10,15,17-19,24H,7,11H2,1-3H3/t15-,17-,18-,19+,20-,21+/m0/s1. The van der Waals surface area contributed by atoms with Crippen LogP contribution in [0.1, 0.15) is 33.6 Å². The van der Waals surface area contributed by atoms with Gasteiger partial charge in [-0.15, -0.1) is 0 Å². The Labute approximate surface area is 142 Å². The Kier molecular flexibility index (Phi) is 3.21. The minimum atomic E-state index is -0.531. The number of fused-ring (bicyclic) bond motifs is 5. The third kappa shape index (κ3) is 1.82. The van der Waals surface area contributed by atoms with E-state index < -0.39 is 11.5 Å². The number of ketones is 2. The van der Waals surface area contributed by atoms with Gasteiger partial charge in [-0.2, -0.15) is 0 Å². The maximum absolute atomic E-state index is 12.1. The fourth-order valence-corrected chi connectivity index (χ4v) is 5.74. The average Bonchev–Trinajstić information content (AvgIpc) is 2.88. The van der Waals surface area contributed by atoms with Crippen molar-refractivity contribution in [1.82, 2.24) is 0 Å². The van der Waals surface area contributed by atoms with Crippen LogP contribution in [0.2, 0.25) is 0 Å². The molecule has 24 heavy (non-hydrogen) atoms. The van der Waals surface area contributed by atoms with Gasteiger partial charge in [0.05, 0.1) is 6.10 Å². The van der Waals surface area contributed by atoms with E-state index in [4.69, 9.17) is 0 Å². The van der Waals surface area contributed by atoms with Crippen LogP contribution in [0.15, 0.2) is 47.6 Å². The Balaban J connectivity index is 1.79. The van der Waals surface area contributed by atoms with Crippen molar-refractivity contribution in [2.45, 2.75) is 39.7 Å². The molecule has 0 aromatic heterocycles. The van der Waals surface area contributed by atoms with Crippen LogP contribution >= 0.6 is 0 Å². The summed E-state index contributed by atoms with van der Waals surface area (Å²) in [6, 6.07) is 0. The summed E-state index contributed by atoms with van der Waals surface area (Å²) < 4.78 is 0. The lowest BCUT2D eigenvalue weighted by atomic mass is 9.48. The summed E-state index contributed by atoms with van der Waals surface area (Å²) in [7, 11) is 0. The lowest BCUT2D eigenvalue weighted by Crippen LogP contribution is -2.54. The Hall–Kier alpha value is -1.74. The molecule has 1 fully saturated rings. The molecule has 3 nitrogen and oxygen atoms in total. The van der Waals surface area contributed by atoms with E-state index in [2.05, 4.69) is 26.0 Å². The highest BCUT2D eigenvalue weighted by atomic mass is 16.3. The molecule has 4 rings (SSSR count). The largest absolute Gasteiger partial charge is 0.392 e. The average molecular weight is 324 g/mol. The number of hydrogen-bond donors (Lipinski definition) is 1. The Morgan fingerprint density at radius 3 is 2.71 bits per heavy atom. The van der Waals surface area contributed by atoms with Gasteiger partial charge in [-0.3, -0.25) is 9.59 Å². The van der Waals surface area contributed by atoms with Crippen LogP contribution in [0.3, 0.4) is 0 Å². The van der Waals surface area contributed by atoms with Gasteiger partial charge in [0.1, 0.15) is 0 Å². The number of aliphatic hydroxyl groups is 1. The molecular weight excluding hydrogens is 300 g/mol. The zero-order valence-corrected chi connectivity index (χ0v) is 14.5. The lowest BCUT2D eigenvalue weighted by Gasteiger charge is -2.56. The molecule has 0 aliphatic heterocycles. The van der Waals surface area contributed by atoms with E-state index >= 15 is 0 Å². The topological polar surface area (TPSA) is 54.4 Å². The molecule has 4 aliphatic rings. The molecule has 0 saturated heterocycles. The number of carbonyl (C=O) groups excluding carboxylic acids is 2. The predicted molar refractivity (Wildman–Crippen MR) is 92.1 cm³/mol. The van der Waals surface area contributed by atoms with Crippen molar-refractivity contribution in [3.63, 3.8) is 0 Å². The van der Waals surface area contributed by atoms with Crippen molar-refractivity contribution < 1.29 is 14.7 Å². The molecule has 0 radical (unpaired) electrons. The molecule has 0 heterocycles. The number of aliphatic hydroxyl groups excluding tert-OH is 1. The van der Waals surface area contributed by atoms with Gasteiger partial charge in [0.25, 0.3) is 0 Å². The monoisotopic (exact) mass is 324 g/mol. The Morgan fingerprint density at radius 1 is 1.25 bits per heavy atom. The van der Waals surface area contributed by atoms with Crippen molar-refractivity contribution in [2.75, 3.05) is 0 Å². The fraction of sp³-hybridized carbons (Fsp3) is 0.524. The molecule has 6 atom stereocenters. The summed E-state index contributed by atoms with van der Waals surface area (Å²) >= 11 is 0. The van der Waals surface area contributed by atoms with E-state index in [0.717, 1.165) is 17.6 Å². The third-order valence-corrected chi connectivity index (χ3v) is 7.19. The molecule has 0 bridgehead atoms. The van der Waals surface area contributed by atoms with E-state index in [1.807, 2.05) is 12.2 Å². The number of rotatable bonds is 1. The molecule has 0 aromatic carbocycles. The minimum absolute atomic E-state index is 0.0353. The first-order chi connectivity index (χ1) is 11.3. The van der Waals surface area contributed by atoms with Crippen LogP contribution in [-0.4, -0.2) is 22.8 Å². The maximum atomic E-state index is 12.1. The summed E-state index contributed by atoms with van der Waals surface area (Å²) in [4.78, 5) is 23.8. The molecule has 0 amide bonds. The van der Waals surface area contributed by atoms with Crippen LogP contribution < -0.4 is 0 Å². The van der Waals surface area contributed by atoms with Gasteiger partial charge < -0.3 is 5.11 Å². The van der Waals surface area contributed by atoms with Crippen LogP contribution in [0.5, 0.6) is 0 Å². The van der Waals surface area contributed by atoms with Gasteiger partial charge >= 0.3 is 0 Å². The lowest BCUT2D eigenvalue weighted by molar-refractivity contribution is -0.119. The van der Waals surface area contributed by atoms with Crippen LogP contribution in [0, 0.1) is 28.6 Å².